The van der Waals surface area contributed by atoms with E-state index in [2.05, 4.69) is 29.1 Å². The Morgan fingerprint density at radius 3 is 3.00 bits per heavy atom. The van der Waals surface area contributed by atoms with Crippen molar-refractivity contribution >= 4 is 11.5 Å². The first-order valence-electron chi connectivity index (χ1n) is 7.67. The molecule has 1 saturated carbocycles. The summed E-state index contributed by atoms with van der Waals surface area (Å²) in [5, 5.41) is 3.36. The lowest BCUT2D eigenvalue weighted by Gasteiger charge is -2.27. The Bertz CT molecular complexity index is 424. The highest BCUT2D eigenvalue weighted by atomic mass is 16.5. The van der Waals surface area contributed by atoms with Crippen LogP contribution in [0.3, 0.4) is 0 Å². The lowest BCUT2D eigenvalue weighted by atomic mass is 9.82. The van der Waals surface area contributed by atoms with Gasteiger partial charge in [-0.3, -0.25) is 0 Å². The van der Waals surface area contributed by atoms with E-state index in [9.17, 15) is 0 Å². The van der Waals surface area contributed by atoms with Crippen LogP contribution in [-0.2, 0) is 0 Å². The van der Waals surface area contributed by atoms with Crippen molar-refractivity contribution in [3.05, 3.63) is 6.33 Å². The zero-order valence-electron chi connectivity index (χ0n) is 12.6. The fourth-order valence-electron chi connectivity index (χ4n) is 2.82. The number of nitrogens with zero attached hydrogens (tertiary/aromatic N) is 2. The Labute approximate surface area is 121 Å². The van der Waals surface area contributed by atoms with E-state index in [0.29, 0.717) is 29.9 Å². The van der Waals surface area contributed by atoms with Gasteiger partial charge in [-0.15, -0.1) is 0 Å². The molecule has 0 saturated heterocycles. The highest BCUT2D eigenvalue weighted by Crippen LogP contribution is 2.30. The summed E-state index contributed by atoms with van der Waals surface area (Å²) >= 11 is 0. The monoisotopic (exact) mass is 278 g/mol. The van der Waals surface area contributed by atoms with Crippen molar-refractivity contribution in [2.24, 2.45) is 11.8 Å². The van der Waals surface area contributed by atoms with Gasteiger partial charge in [0.05, 0.1) is 6.61 Å². The van der Waals surface area contributed by atoms with E-state index >= 15 is 0 Å². The van der Waals surface area contributed by atoms with Crippen LogP contribution in [0.2, 0.25) is 0 Å². The van der Waals surface area contributed by atoms with Crippen LogP contribution in [0.15, 0.2) is 6.33 Å². The molecule has 1 aliphatic carbocycles. The Morgan fingerprint density at radius 2 is 2.25 bits per heavy atom. The maximum atomic E-state index is 6.05. The molecular formula is C15H26N4O. The molecular weight excluding hydrogens is 252 g/mol. The first-order valence-corrected chi connectivity index (χ1v) is 7.67. The maximum Gasteiger partial charge on any atom is 0.242 e. The van der Waals surface area contributed by atoms with Crippen molar-refractivity contribution in [2.75, 3.05) is 24.2 Å². The van der Waals surface area contributed by atoms with E-state index in [1.807, 2.05) is 0 Å². The molecule has 0 aliphatic heterocycles. The number of aromatic nitrogens is 2. The average Bonchev–Trinajstić information content (AvgIpc) is 2.45. The van der Waals surface area contributed by atoms with Crippen LogP contribution >= 0.6 is 0 Å². The molecule has 1 fully saturated rings. The van der Waals surface area contributed by atoms with Crippen molar-refractivity contribution in [3.8, 4) is 5.88 Å². The largest absolute Gasteiger partial charge is 0.476 e. The molecule has 20 heavy (non-hydrogen) atoms. The summed E-state index contributed by atoms with van der Waals surface area (Å²) in [6.45, 7) is 5.95. The molecule has 3 N–H and O–H groups in total. The fraction of sp³-hybridized carbons (Fsp3) is 0.733. The van der Waals surface area contributed by atoms with Crippen LogP contribution in [0, 0.1) is 11.8 Å². The summed E-state index contributed by atoms with van der Waals surface area (Å²) in [5.41, 5.74) is 6.57. The normalized spacial score (nSPS) is 22.5. The van der Waals surface area contributed by atoms with Gasteiger partial charge in [0.25, 0.3) is 0 Å². The van der Waals surface area contributed by atoms with Crippen LogP contribution in [-0.4, -0.2) is 23.1 Å². The molecule has 5 nitrogen and oxygen atoms in total. The van der Waals surface area contributed by atoms with Crippen molar-refractivity contribution in [2.45, 2.75) is 46.0 Å². The summed E-state index contributed by atoms with van der Waals surface area (Å²) in [6.07, 6.45) is 7.72. The first-order chi connectivity index (χ1) is 9.70. The van der Waals surface area contributed by atoms with Gasteiger partial charge in [-0.2, -0.15) is 4.98 Å². The van der Waals surface area contributed by atoms with Crippen LogP contribution in [0.25, 0.3) is 0 Å². The lowest BCUT2D eigenvalue weighted by molar-refractivity contribution is 0.293. The molecule has 0 amide bonds. The highest BCUT2D eigenvalue weighted by molar-refractivity contribution is 5.66. The summed E-state index contributed by atoms with van der Waals surface area (Å²) in [4.78, 5) is 8.31. The number of nitrogens with two attached hydrogens (primary N) is 1. The summed E-state index contributed by atoms with van der Waals surface area (Å²) in [5.74, 6) is 2.74. The number of nitrogens with one attached hydrogen (secondary N) is 1. The minimum Gasteiger partial charge on any atom is -0.476 e. The minimum atomic E-state index is 0.487. The van der Waals surface area contributed by atoms with Gasteiger partial charge in [0.15, 0.2) is 5.82 Å². The minimum absolute atomic E-state index is 0.487. The number of hydrogen-bond donors (Lipinski definition) is 2. The lowest BCUT2D eigenvalue weighted by Crippen LogP contribution is -2.22. The molecule has 2 atom stereocenters. The second kappa shape index (κ2) is 7.31. The zero-order chi connectivity index (χ0) is 14.4. The zero-order valence-corrected chi connectivity index (χ0v) is 12.6. The van der Waals surface area contributed by atoms with E-state index in [4.69, 9.17) is 10.5 Å². The Kier molecular flexibility index (Phi) is 5.44. The van der Waals surface area contributed by atoms with E-state index < -0.39 is 0 Å². The average molecular weight is 278 g/mol. The molecule has 1 aromatic heterocycles. The van der Waals surface area contributed by atoms with Gasteiger partial charge >= 0.3 is 0 Å². The number of hydrogen-bond acceptors (Lipinski definition) is 5. The predicted octanol–water partition coefficient (Wildman–Crippen LogP) is 3.09. The standard InChI is InChI=1S/C15H26N4O/c1-3-7-20-15-13(16)14(18-10-19-15)17-9-12-6-4-5-11(2)8-12/h10-12H,3-9,16H2,1-2H3,(H,17,18,19). The molecule has 1 aliphatic rings. The first kappa shape index (κ1) is 14.9. The van der Waals surface area contributed by atoms with E-state index in [0.717, 1.165) is 18.9 Å². The number of ether oxygens (including phenoxy) is 1. The van der Waals surface area contributed by atoms with E-state index in [1.165, 1.54) is 32.0 Å². The van der Waals surface area contributed by atoms with Crippen molar-refractivity contribution in [1.29, 1.82) is 0 Å². The SMILES string of the molecule is CCCOc1ncnc(NCC2CCCC(C)C2)c1N. The maximum absolute atomic E-state index is 6.05. The van der Waals surface area contributed by atoms with Gasteiger partial charge < -0.3 is 15.8 Å². The summed E-state index contributed by atoms with van der Waals surface area (Å²) in [6, 6.07) is 0. The molecule has 112 valence electrons. The van der Waals surface area contributed by atoms with Crippen molar-refractivity contribution < 1.29 is 4.74 Å². The predicted molar refractivity (Wildman–Crippen MR) is 81.8 cm³/mol. The van der Waals surface area contributed by atoms with Crippen molar-refractivity contribution in [1.82, 2.24) is 9.97 Å². The highest BCUT2D eigenvalue weighted by Gasteiger charge is 2.19. The van der Waals surface area contributed by atoms with Crippen molar-refractivity contribution in [3.63, 3.8) is 0 Å². The molecule has 1 aromatic rings. The fourth-order valence-corrected chi connectivity index (χ4v) is 2.82. The van der Waals surface area contributed by atoms with Gasteiger partial charge in [-0.25, -0.2) is 4.98 Å². The third-order valence-corrected chi connectivity index (χ3v) is 3.89. The Hall–Kier alpha value is -1.52. The van der Waals surface area contributed by atoms with Gasteiger partial charge in [0.2, 0.25) is 5.88 Å². The van der Waals surface area contributed by atoms with Gasteiger partial charge in [-0.1, -0.05) is 26.7 Å². The molecule has 2 unspecified atom stereocenters. The molecule has 0 aromatic carbocycles. The van der Waals surface area contributed by atoms with E-state index in [1.54, 1.807) is 0 Å². The third kappa shape index (κ3) is 3.99. The van der Waals surface area contributed by atoms with Gasteiger partial charge in [-0.05, 0) is 31.1 Å². The third-order valence-electron chi connectivity index (χ3n) is 3.89. The quantitative estimate of drug-likeness (QED) is 0.836. The molecule has 1 heterocycles. The van der Waals surface area contributed by atoms with Gasteiger partial charge in [0, 0.05) is 6.54 Å². The second-order valence-electron chi connectivity index (χ2n) is 5.81. The number of anilines is 2. The van der Waals surface area contributed by atoms with Crippen LogP contribution in [0.5, 0.6) is 5.88 Å². The number of nitrogen functional groups attached to an aromatic ring is 1. The molecule has 5 heteroatoms. The van der Waals surface area contributed by atoms with E-state index in [-0.39, 0.29) is 0 Å². The van der Waals surface area contributed by atoms with Crippen LogP contribution in [0.4, 0.5) is 11.5 Å². The topological polar surface area (TPSA) is 73.1 Å². The Morgan fingerprint density at radius 1 is 1.40 bits per heavy atom. The Balaban J connectivity index is 1.91. The summed E-state index contributed by atoms with van der Waals surface area (Å²) in [7, 11) is 0. The van der Waals surface area contributed by atoms with Crippen LogP contribution in [0.1, 0.15) is 46.0 Å². The smallest absolute Gasteiger partial charge is 0.242 e. The summed E-state index contributed by atoms with van der Waals surface area (Å²) < 4.78 is 5.52. The molecule has 0 bridgehead atoms. The van der Waals surface area contributed by atoms with Crippen LogP contribution < -0.4 is 15.8 Å². The molecule has 2 rings (SSSR count). The molecule has 0 radical (unpaired) electrons. The molecule has 0 spiro atoms. The van der Waals surface area contributed by atoms with Gasteiger partial charge in [0.1, 0.15) is 12.0 Å². The second-order valence-corrected chi connectivity index (χ2v) is 5.81. The number of rotatable bonds is 6.